The number of aromatic nitrogens is 8. The lowest BCUT2D eigenvalue weighted by Crippen LogP contribution is -2.03. The molecule has 1 N–H and O–H groups in total. The Hall–Kier alpha value is -7.08. The summed E-state index contributed by atoms with van der Waals surface area (Å²) >= 11 is 0. The van der Waals surface area contributed by atoms with Crippen LogP contribution < -0.4 is 4.74 Å². The minimum atomic E-state index is -0.420. The third-order valence-corrected chi connectivity index (χ3v) is 8.11. The van der Waals surface area contributed by atoms with Crippen LogP contribution in [0.5, 0.6) is 11.5 Å². The Morgan fingerprint density at radius 1 is 0.500 bits per heavy atom. The predicted octanol–water partition coefficient (Wildman–Crippen LogP) is 8.38. The van der Waals surface area contributed by atoms with Gasteiger partial charge in [-0.25, -0.2) is 8.78 Å². The van der Waals surface area contributed by atoms with Crippen molar-refractivity contribution in [1.82, 2.24) is 40.4 Å². The van der Waals surface area contributed by atoms with E-state index >= 15 is 0 Å². The van der Waals surface area contributed by atoms with E-state index in [0.717, 1.165) is 28.0 Å². The van der Waals surface area contributed by atoms with Crippen molar-refractivity contribution in [2.75, 3.05) is 6.61 Å². The maximum Gasteiger partial charge on any atom is 0.187 e. The molecular weight excluding hydrogens is 662 g/mol. The first-order chi connectivity index (χ1) is 25.5. The van der Waals surface area contributed by atoms with E-state index in [9.17, 15) is 13.9 Å². The number of hydrogen-bond donors (Lipinski definition) is 1. The van der Waals surface area contributed by atoms with Gasteiger partial charge in [0.15, 0.2) is 11.6 Å². The van der Waals surface area contributed by atoms with E-state index in [1.807, 2.05) is 91.9 Å². The minimum absolute atomic E-state index is 0.153. The zero-order valence-corrected chi connectivity index (χ0v) is 27.8. The lowest BCUT2D eigenvalue weighted by molar-refractivity contribution is 0.341. The number of phenolic OH excluding ortho intramolecular Hbond substituents is 1. The van der Waals surface area contributed by atoms with Crippen LogP contribution in [0.15, 0.2) is 146 Å². The summed E-state index contributed by atoms with van der Waals surface area (Å²) < 4.78 is 37.0. The van der Waals surface area contributed by atoms with Gasteiger partial charge in [-0.1, -0.05) is 109 Å². The summed E-state index contributed by atoms with van der Waals surface area (Å²) in [6, 6.07) is 42.7. The monoisotopic (exact) mass is 692 g/mol. The maximum absolute atomic E-state index is 14.3. The van der Waals surface area contributed by atoms with Crippen molar-refractivity contribution in [2.45, 2.75) is 6.92 Å². The third-order valence-electron chi connectivity index (χ3n) is 8.11. The van der Waals surface area contributed by atoms with Crippen molar-refractivity contribution in [3.63, 3.8) is 0 Å². The van der Waals surface area contributed by atoms with E-state index in [0.29, 0.717) is 35.1 Å². The molecule has 0 aliphatic heterocycles. The number of halogens is 2. The van der Waals surface area contributed by atoms with Crippen molar-refractivity contribution in [3.8, 4) is 67.9 Å². The Bertz CT molecular complexity index is 2460. The molecule has 256 valence electrons. The topological polar surface area (TPSA) is 117 Å². The van der Waals surface area contributed by atoms with Gasteiger partial charge in [0.1, 0.15) is 34.5 Å². The first-order valence-corrected chi connectivity index (χ1v) is 16.3. The lowest BCUT2D eigenvalue weighted by atomic mass is 9.98. The number of rotatable bonds is 8. The summed E-state index contributed by atoms with van der Waals surface area (Å²) in [5.74, 6) is 0.970. The molecule has 0 spiro atoms. The molecule has 0 radical (unpaired) electrons. The van der Waals surface area contributed by atoms with E-state index in [-0.39, 0.29) is 11.4 Å². The number of para-hydroxylation sites is 4. The number of hydrogen-bond acceptors (Lipinski definition) is 8. The highest BCUT2D eigenvalue weighted by Gasteiger charge is 2.20. The molecule has 0 bridgehead atoms. The molecule has 12 heteroatoms. The second kappa shape index (κ2) is 15.2. The van der Waals surface area contributed by atoms with E-state index in [2.05, 4.69) is 31.1 Å². The fraction of sp³-hybridized carbons (Fsp3) is 0.0500. The van der Waals surface area contributed by atoms with Gasteiger partial charge >= 0.3 is 0 Å². The standard InChI is InChI=1S/C21H17FN4O.C19H13FN4O/c1-2-27-20-14-8-5-10-16(20)15-9-3-4-11-17(15)21-23-24-25-26(21)19-13-7-6-12-18(19)22;20-16-10-4-5-11-17(16)24-19(21-22-23-24)15-9-2-1-7-13(15)14-8-3-6-12-18(14)25/h3-14H,2H2,1H3;1-12,25H. The largest absolute Gasteiger partial charge is 0.507 e. The van der Waals surface area contributed by atoms with Crippen LogP contribution in [0, 0.1) is 11.6 Å². The van der Waals surface area contributed by atoms with Crippen molar-refractivity contribution in [3.05, 3.63) is 157 Å². The van der Waals surface area contributed by atoms with Crippen LogP contribution in [0.4, 0.5) is 8.78 Å². The first kappa shape index (κ1) is 33.4. The summed E-state index contributed by atoms with van der Waals surface area (Å²) in [4.78, 5) is 0. The second-order valence-electron chi connectivity index (χ2n) is 11.3. The van der Waals surface area contributed by atoms with Crippen LogP contribution in [0.25, 0.3) is 56.4 Å². The normalized spacial score (nSPS) is 10.8. The van der Waals surface area contributed by atoms with Gasteiger partial charge in [-0.05, 0) is 75.3 Å². The molecule has 2 aromatic heterocycles. The van der Waals surface area contributed by atoms with Crippen molar-refractivity contribution >= 4 is 0 Å². The van der Waals surface area contributed by atoms with Gasteiger partial charge in [0, 0.05) is 22.3 Å². The molecule has 2 heterocycles. The van der Waals surface area contributed by atoms with E-state index in [4.69, 9.17) is 4.74 Å². The quantitative estimate of drug-likeness (QED) is 0.169. The number of nitrogens with zero attached hydrogens (tertiary/aromatic N) is 8. The average molecular weight is 693 g/mol. The van der Waals surface area contributed by atoms with Gasteiger partial charge in [-0.15, -0.1) is 10.2 Å². The number of phenols is 1. The van der Waals surface area contributed by atoms with Crippen LogP contribution in [0.2, 0.25) is 0 Å². The Morgan fingerprint density at radius 2 is 0.904 bits per heavy atom. The molecule has 6 aromatic carbocycles. The van der Waals surface area contributed by atoms with Gasteiger partial charge in [-0.2, -0.15) is 9.36 Å². The number of benzene rings is 6. The molecule has 0 atom stereocenters. The highest BCUT2D eigenvalue weighted by atomic mass is 19.1. The highest BCUT2D eigenvalue weighted by Crippen LogP contribution is 2.38. The number of tetrazole rings is 2. The summed E-state index contributed by atoms with van der Waals surface area (Å²) in [5.41, 5.74) is 5.29. The van der Waals surface area contributed by atoms with Crippen molar-refractivity contribution in [1.29, 1.82) is 0 Å². The zero-order valence-electron chi connectivity index (χ0n) is 27.8. The smallest absolute Gasteiger partial charge is 0.187 e. The van der Waals surface area contributed by atoms with Crippen LogP contribution in [-0.4, -0.2) is 52.1 Å². The Morgan fingerprint density at radius 3 is 1.40 bits per heavy atom. The predicted molar refractivity (Wildman–Crippen MR) is 193 cm³/mol. The van der Waals surface area contributed by atoms with Gasteiger partial charge in [0.25, 0.3) is 0 Å². The first-order valence-electron chi connectivity index (χ1n) is 16.3. The summed E-state index contributed by atoms with van der Waals surface area (Å²) in [7, 11) is 0. The van der Waals surface area contributed by atoms with Crippen LogP contribution in [-0.2, 0) is 0 Å². The fourth-order valence-electron chi connectivity index (χ4n) is 5.78. The number of ether oxygens (including phenoxy) is 1. The second-order valence-corrected chi connectivity index (χ2v) is 11.3. The summed E-state index contributed by atoms with van der Waals surface area (Å²) in [5, 5.41) is 33.8. The minimum Gasteiger partial charge on any atom is -0.507 e. The molecule has 8 rings (SSSR count). The molecule has 0 amide bonds. The molecule has 0 aliphatic carbocycles. The molecule has 0 aliphatic rings. The van der Waals surface area contributed by atoms with Crippen LogP contribution in [0.3, 0.4) is 0 Å². The molecule has 0 saturated heterocycles. The molecule has 10 nitrogen and oxygen atoms in total. The van der Waals surface area contributed by atoms with E-state index < -0.39 is 11.6 Å². The molecular formula is C40H30F2N8O2. The number of aromatic hydroxyl groups is 1. The Balaban J connectivity index is 0.000000162. The highest BCUT2D eigenvalue weighted by molar-refractivity contribution is 5.85. The molecule has 0 saturated carbocycles. The van der Waals surface area contributed by atoms with Gasteiger partial charge in [0.2, 0.25) is 0 Å². The van der Waals surface area contributed by atoms with Gasteiger partial charge in [0.05, 0.1) is 6.61 Å². The third kappa shape index (κ3) is 6.72. The molecule has 0 fully saturated rings. The fourth-order valence-corrected chi connectivity index (χ4v) is 5.78. The van der Waals surface area contributed by atoms with Crippen molar-refractivity contribution < 1.29 is 18.6 Å². The summed E-state index contributed by atoms with van der Waals surface area (Å²) in [6.07, 6.45) is 0. The van der Waals surface area contributed by atoms with Crippen molar-refractivity contribution in [2.24, 2.45) is 0 Å². The molecule has 0 unspecified atom stereocenters. The average Bonchev–Trinajstić information content (AvgIpc) is 3.87. The van der Waals surface area contributed by atoms with Crippen LogP contribution in [0.1, 0.15) is 6.92 Å². The SMILES string of the molecule is CCOc1ccccc1-c1ccccc1-c1nnnn1-c1ccccc1F.Oc1ccccc1-c1ccccc1-c1nnnn1-c1ccccc1F. The zero-order chi connectivity index (χ0) is 35.9. The summed E-state index contributed by atoms with van der Waals surface area (Å²) in [6.45, 7) is 2.51. The van der Waals surface area contributed by atoms with Crippen LogP contribution >= 0.6 is 0 Å². The van der Waals surface area contributed by atoms with Gasteiger partial charge < -0.3 is 9.84 Å². The van der Waals surface area contributed by atoms with Gasteiger partial charge in [-0.3, -0.25) is 0 Å². The van der Waals surface area contributed by atoms with E-state index in [1.54, 1.807) is 48.5 Å². The lowest BCUT2D eigenvalue weighted by Gasteiger charge is -2.14. The Kier molecular flexibility index (Phi) is 9.78. The Labute approximate surface area is 297 Å². The van der Waals surface area contributed by atoms with E-state index in [1.165, 1.54) is 21.5 Å². The molecule has 8 aromatic rings. The maximum atomic E-state index is 14.3. The molecule has 52 heavy (non-hydrogen) atoms.